The van der Waals surface area contributed by atoms with Gasteiger partial charge in [0.2, 0.25) is 5.91 Å². The Morgan fingerprint density at radius 1 is 1.00 bits per heavy atom. The maximum Gasteiger partial charge on any atom is 0.498 e. The van der Waals surface area contributed by atoms with E-state index in [9.17, 15) is 48.0 Å². The molecule has 0 saturated carbocycles. The van der Waals surface area contributed by atoms with E-state index in [-0.39, 0.29) is 5.57 Å². The second kappa shape index (κ2) is 7.29. The Hall–Kier alpha value is -1.31. The number of hydrogen-bond donors (Lipinski definition) is 1. The van der Waals surface area contributed by atoms with Gasteiger partial charge in [-0.3, -0.25) is 4.79 Å². The Labute approximate surface area is 133 Å². The SMILES string of the molecule is C=C(C)C(=O)NCCCC(S(=O)(=O)C(F)(F)F)S(=O)(=O)C(F)(F)F. The number of carbonyl (C=O) groups is 1. The van der Waals surface area contributed by atoms with Crippen molar-refractivity contribution in [3.63, 3.8) is 0 Å². The molecule has 0 radical (unpaired) electrons. The summed E-state index contributed by atoms with van der Waals surface area (Å²) in [5.41, 5.74) is -12.4. The summed E-state index contributed by atoms with van der Waals surface area (Å²) < 4.78 is 116. The third-order valence-electron chi connectivity index (χ3n) is 2.63. The first kappa shape index (κ1) is 22.7. The molecule has 6 nitrogen and oxygen atoms in total. The van der Waals surface area contributed by atoms with Crippen LogP contribution < -0.4 is 5.32 Å². The summed E-state index contributed by atoms with van der Waals surface area (Å²) in [6.07, 6.45) is -2.26. The summed E-state index contributed by atoms with van der Waals surface area (Å²) in [4.78, 5) is 11.1. The third-order valence-corrected chi connectivity index (χ3v) is 7.29. The molecule has 1 N–H and O–H groups in total. The van der Waals surface area contributed by atoms with Gasteiger partial charge in [0.1, 0.15) is 0 Å². The predicted molar refractivity (Wildman–Crippen MR) is 70.8 cm³/mol. The van der Waals surface area contributed by atoms with Crippen LogP contribution in [0.3, 0.4) is 0 Å². The highest BCUT2D eigenvalue weighted by atomic mass is 32.3. The van der Waals surface area contributed by atoms with Crippen molar-refractivity contribution in [2.45, 2.75) is 35.4 Å². The molecular formula is C10H13F6NO5S2. The van der Waals surface area contributed by atoms with E-state index in [0.29, 0.717) is 0 Å². The average Bonchev–Trinajstić information content (AvgIpc) is 2.34. The van der Waals surface area contributed by atoms with Gasteiger partial charge in [-0.1, -0.05) is 6.58 Å². The minimum Gasteiger partial charge on any atom is -0.352 e. The number of alkyl halides is 6. The number of sulfone groups is 2. The van der Waals surface area contributed by atoms with Crippen LogP contribution in [0.15, 0.2) is 12.2 Å². The molecule has 0 spiro atoms. The van der Waals surface area contributed by atoms with Crippen LogP contribution in [0.2, 0.25) is 0 Å². The van der Waals surface area contributed by atoms with Crippen molar-refractivity contribution in [1.29, 1.82) is 0 Å². The first-order valence-corrected chi connectivity index (χ1v) is 9.09. The fourth-order valence-corrected chi connectivity index (χ4v) is 4.94. The van der Waals surface area contributed by atoms with Crippen molar-refractivity contribution in [2.75, 3.05) is 6.54 Å². The molecule has 0 atom stereocenters. The molecule has 0 unspecified atom stereocenters. The van der Waals surface area contributed by atoms with E-state index in [0.717, 1.165) is 0 Å². The van der Waals surface area contributed by atoms with Gasteiger partial charge in [0, 0.05) is 12.1 Å². The highest BCUT2D eigenvalue weighted by Gasteiger charge is 2.62. The Morgan fingerprint density at radius 2 is 1.38 bits per heavy atom. The van der Waals surface area contributed by atoms with Crippen LogP contribution in [0.5, 0.6) is 0 Å². The standard InChI is InChI=1S/C10H13F6NO5S2/c1-6(2)8(18)17-5-3-4-7(23(19,20)9(11,12)13)24(21,22)10(14,15)16/h7H,1,3-5H2,2H3,(H,17,18). The Balaban J connectivity index is 5.49. The molecule has 0 heterocycles. The van der Waals surface area contributed by atoms with Crippen LogP contribution in [-0.2, 0) is 24.5 Å². The lowest BCUT2D eigenvalue weighted by Gasteiger charge is -2.20. The number of halogens is 6. The minimum atomic E-state index is -6.63. The number of amides is 1. The zero-order valence-electron chi connectivity index (χ0n) is 12.0. The zero-order valence-corrected chi connectivity index (χ0v) is 13.7. The van der Waals surface area contributed by atoms with Crippen molar-refractivity contribution in [2.24, 2.45) is 0 Å². The zero-order chi connectivity index (χ0) is 19.6. The van der Waals surface area contributed by atoms with Crippen molar-refractivity contribution in [3.8, 4) is 0 Å². The molecule has 24 heavy (non-hydrogen) atoms. The molecule has 0 bridgehead atoms. The molecule has 0 rings (SSSR count). The summed E-state index contributed by atoms with van der Waals surface area (Å²) in [7, 11) is -13.3. The van der Waals surface area contributed by atoms with Crippen LogP contribution in [0.1, 0.15) is 19.8 Å². The van der Waals surface area contributed by atoms with Gasteiger partial charge in [-0.2, -0.15) is 26.3 Å². The molecule has 0 aliphatic rings. The van der Waals surface area contributed by atoms with E-state index in [1.807, 2.05) is 5.32 Å². The average molecular weight is 405 g/mol. The van der Waals surface area contributed by atoms with Gasteiger partial charge < -0.3 is 5.32 Å². The van der Waals surface area contributed by atoms with Crippen LogP contribution in [0.4, 0.5) is 26.3 Å². The molecule has 142 valence electrons. The maximum absolute atomic E-state index is 12.4. The fourth-order valence-electron chi connectivity index (χ4n) is 1.40. The third kappa shape index (κ3) is 5.09. The summed E-state index contributed by atoms with van der Waals surface area (Å²) in [5, 5.41) is 2.03. The lowest BCUT2D eigenvalue weighted by molar-refractivity contribution is -0.117. The van der Waals surface area contributed by atoms with Crippen LogP contribution in [0, 0.1) is 0 Å². The monoisotopic (exact) mass is 405 g/mol. The number of nitrogens with one attached hydrogen (secondary N) is 1. The Kier molecular flexibility index (Phi) is 6.89. The second-order valence-electron chi connectivity index (χ2n) is 4.59. The quantitative estimate of drug-likeness (QED) is 0.395. The van der Waals surface area contributed by atoms with E-state index in [1.165, 1.54) is 6.92 Å². The summed E-state index contributed by atoms with van der Waals surface area (Å²) in [6.45, 7) is 3.94. The normalized spacial score (nSPS) is 13.8. The first-order chi connectivity index (χ1) is 10.5. The maximum atomic E-state index is 12.4. The Bertz CT molecular complexity index is 648. The largest absolute Gasteiger partial charge is 0.498 e. The van der Waals surface area contributed by atoms with Crippen LogP contribution in [0.25, 0.3) is 0 Å². The van der Waals surface area contributed by atoms with Crippen molar-refractivity contribution in [3.05, 3.63) is 12.2 Å². The lowest BCUT2D eigenvalue weighted by Crippen LogP contribution is -2.45. The van der Waals surface area contributed by atoms with E-state index >= 15 is 0 Å². The summed E-state index contributed by atoms with van der Waals surface area (Å²) in [5.74, 6) is -0.774. The summed E-state index contributed by atoms with van der Waals surface area (Å²) in [6, 6.07) is 0. The number of rotatable bonds is 7. The highest BCUT2D eigenvalue weighted by molar-refractivity contribution is 8.09. The lowest BCUT2D eigenvalue weighted by atomic mass is 10.3. The molecule has 0 aromatic rings. The molecule has 0 aliphatic heterocycles. The first-order valence-electron chi connectivity index (χ1n) is 6.00. The molecule has 0 aliphatic carbocycles. The van der Waals surface area contributed by atoms with Crippen molar-refractivity contribution in [1.82, 2.24) is 5.32 Å². The predicted octanol–water partition coefficient (Wildman–Crippen LogP) is 1.65. The van der Waals surface area contributed by atoms with Gasteiger partial charge in [-0.25, -0.2) is 16.8 Å². The van der Waals surface area contributed by atoms with Gasteiger partial charge in [-0.05, 0) is 19.8 Å². The molecule has 0 aromatic heterocycles. The van der Waals surface area contributed by atoms with Crippen LogP contribution >= 0.6 is 0 Å². The topological polar surface area (TPSA) is 97.4 Å². The van der Waals surface area contributed by atoms with Crippen LogP contribution in [-0.4, -0.2) is 44.9 Å². The van der Waals surface area contributed by atoms with E-state index in [2.05, 4.69) is 6.58 Å². The molecule has 0 fully saturated rings. The van der Waals surface area contributed by atoms with Gasteiger partial charge in [-0.15, -0.1) is 0 Å². The van der Waals surface area contributed by atoms with E-state index in [4.69, 9.17) is 0 Å². The summed E-state index contributed by atoms with van der Waals surface area (Å²) >= 11 is 0. The van der Waals surface area contributed by atoms with Crippen molar-refractivity contribution >= 4 is 25.6 Å². The molecular weight excluding hydrogens is 392 g/mol. The van der Waals surface area contributed by atoms with E-state index in [1.54, 1.807) is 0 Å². The molecule has 1 amide bonds. The molecule has 14 heteroatoms. The fraction of sp³-hybridized carbons (Fsp3) is 0.700. The number of carbonyl (C=O) groups excluding carboxylic acids is 1. The van der Waals surface area contributed by atoms with Gasteiger partial charge >= 0.3 is 11.0 Å². The van der Waals surface area contributed by atoms with Gasteiger partial charge in [0.05, 0.1) is 0 Å². The van der Waals surface area contributed by atoms with Crippen molar-refractivity contribution < 1.29 is 48.0 Å². The number of hydrogen-bond acceptors (Lipinski definition) is 5. The highest BCUT2D eigenvalue weighted by Crippen LogP contribution is 2.37. The van der Waals surface area contributed by atoms with Gasteiger partial charge in [0.15, 0.2) is 4.58 Å². The minimum absolute atomic E-state index is 0.0163. The molecule has 0 saturated heterocycles. The second-order valence-corrected chi connectivity index (χ2v) is 9.13. The Morgan fingerprint density at radius 3 is 1.67 bits per heavy atom. The van der Waals surface area contributed by atoms with Gasteiger partial charge in [0.25, 0.3) is 19.7 Å². The smallest absolute Gasteiger partial charge is 0.352 e. The molecule has 0 aromatic carbocycles. The van der Waals surface area contributed by atoms with E-state index < -0.39 is 60.6 Å².